The maximum Gasteiger partial charge on any atom is 0.152 e. The van der Waals surface area contributed by atoms with E-state index in [1.54, 1.807) is 0 Å². The van der Waals surface area contributed by atoms with Gasteiger partial charge in [-0.1, -0.05) is 6.42 Å². The fourth-order valence-corrected chi connectivity index (χ4v) is 4.06. The molecule has 6 nitrogen and oxygen atoms in total. The van der Waals surface area contributed by atoms with Gasteiger partial charge in [-0.25, -0.2) is 4.98 Å². The van der Waals surface area contributed by atoms with Crippen LogP contribution in [0.2, 0.25) is 0 Å². The average molecular weight is 328 g/mol. The van der Waals surface area contributed by atoms with Crippen molar-refractivity contribution in [1.29, 1.82) is 0 Å². The lowest BCUT2D eigenvalue weighted by Gasteiger charge is -2.37. The van der Waals surface area contributed by atoms with E-state index in [2.05, 4.69) is 36.3 Å². The van der Waals surface area contributed by atoms with Gasteiger partial charge in [0.1, 0.15) is 11.6 Å². The van der Waals surface area contributed by atoms with Crippen molar-refractivity contribution in [3.63, 3.8) is 0 Å². The van der Waals surface area contributed by atoms with Crippen molar-refractivity contribution < 1.29 is 0 Å². The van der Waals surface area contributed by atoms with Crippen LogP contribution in [0.5, 0.6) is 0 Å². The zero-order chi connectivity index (χ0) is 16.5. The second kappa shape index (κ2) is 6.67. The minimum atomic E-state index is 0.522. The van der Waals surface area contributed by atoms with Crippen LogP contribution < -0.4 is 0 Å². The van der Waals surface area contributed by atoms with Gasteiger partial charge >= 0.3 is 0 Å². The van der Waals surface area contributed by atoms with Crippen LogP contribution >= 0.6 is 0 Å². The van der Waals surface area contributed by atoms with Crippen molar-refractivity contribution in [2.45, 2.75) is 51.5 Å². The number of hydrogen-bond donors (Lipinski definition) is 0. The van der Waals surface area contributed by atoms with Gasteiger partial charge < -0.3 is 14.0 Å². The van der Waals surface area contributed by atoms with Crippen molar-refractivity contribution in [3.8, 4) is 0 Å². The molecule has 1 saturated carbocycles. The van der Waals surface area contributed by atoms with Crippen molar-refractivity contribution in [1.82, 2.24) is 29.2 Å². The molecule has 3 heterocycles. The highest BCUT2D eigenvalue weighted by Gasteiger charge is 2.28. The molecule has 0 radical (unpaired) electrons. The van der Waals surface area contributed by atoms with Gasteiger partial charge in [0.15, 0.2) is 5.82 Å². The van der Waals surface area contributed by atoms with E-state index < -0.39 is 0 Å². The smallest absolute Gasteiger partial charge is 0.152 e. The van der Waals surface area contributed by atoms with Gasteiger partial charge in [0.25, 0.3) is 0 Å². The molecule has 1 saturated heterocycles. The van der Waals surface area contributed by atoms with Crippen molar-refractivity contribution >= 4 is 0 Å². The largest absolute Gasteiger partial charge is 0.328 e. The van der Waals surface area contributed by atoms with E-state index in [0.29, 0.717) is 5.92 Å². The first-order valence-corrected chi connectivity index (χ1v) is 9.29. The van der Waals surface area contributed by atoms with Crippen molar-refractivity contribution in [2.75, 3.05) is 19.6 Å². The van der Waals surface area contributed by atoms with Gasteiger partial charge in [-0.2, -0.15) is 0 Å². The van der Waals surface area contributed by atoms with Crippen LogP contribution in [0.15, 0.2) is 12.4 Å². The Morgan fingerprint density at radius 2 is 2.04 bits per heavy atom. The van der Waals surface area contributed by atoms with E-state index in [-0.39, 0.29) is 0 Å². The summed E-state index contributed by atoms with van der Waals surface area (Å²) in [6.45, 7) is 6.46. The highest BCUT2D eigenvalue weighted by Crippen LogP contribution is 2.31. The molecule has 2 aliphatic rings. The molecule has 1 atom stereocenters. The van der Waals surface area contributed by atoms with Crippen LogP contribution in [0.3, 0.4) is 0 Å². The van der Waals surface area contributed by atoms with E-state index in [4.69, 9.17) is 0 Å². The summed E-state index contributed by atoms with van der Waals surface area (Å²) in [6, 6.07) is 0. The minimum Gasteiger partial charge on any atom is -0.328 e. The maximum absolute atomic E-state index is 4.55. The van der Waals surface area contributed by atoms with Gasteiger partial charge in [0.2, 0.25) is 0 Å². The third kappa shape index (κ3) is 3.11. The van der Waals surface area contributed by atoms with Gasteiger partial charge in [-0.3, -0.25) is 0 Å². The summed E-state index contributed by atoms with van der Waals surface area (Å²) in [7, 11) is 2.11. The standard InChI is InChI=1S/C18H28N6/c1-14-19-8-10-24(14)13-17-20-21-18(22(17)2)16-7-4-9-23(12-16)11-15-5-3-6-15/h8,10,15-16H,3-7,9,11-13H2,1-2H3. The summed E-state index contributed by atoms with van der Waals surface area (Å²) in [5.74, 6) is 4.66. The lowest BCUT2D eigenvalue weighted by Crippen LogP contribution is -2.39. The Bertz CT molecular complexity index is 683. The van der Waals surface area contributed by atoms with E-state index in [1.807, 2.05) is 19.3 Å². The van der Waals surface area contributed by atoms with Gasteiger partial charge in [-0.05, 0) is 45.1 Å². The molecule has 0 spiro atoms. The SMILES string of the molecule is Cc1nccn1Cc1nnc(C2CCCN(CC3CCC3)C2)n1C. The molecule has 1 aliphatic heterocycles. The Morgan fingerprint density at radius 1 is 1.17 bits per heavy atom. The lowest BCUT2D eigenvalue weighted by atomic mass is 9.84. The summed E-state index contributed by atoms with van der Waals surface area (Å²) < 4.78 is 4.33. The van der Waals surface area contributed by atoms with Crippen molar-refractivity contribution in [2.24, 2.45) is 13.0 Å². The second-order valence-electron chi connectivity index (χ2n) is 7.53. The van der Waals surface area contributed by atoms with E-state index in [1.165, 1.54) is 45.2 Å². The van der Waals surface area contributed by atoms with Crippen LogP contribution in [-0.2, 0) is 13.6 Å². The first-order valence-electron chi connectivity index (χ1n) is 9.29. The first kappa shape index (κ1) is 15.8. The zero-order valence-corrected chi connectivity index (χ0v) is 14.9. The van der Waals surface area contributed by atoms with Crippen LogP contribution in [0.1, 0.15) is 55.5 Å². The van der Waals surface area contributed by atoms with Crippen LogP contribution in [0.25, 0.3) is 0 Å². The van der Waals surface area contributed by atoms with Crippen molar-refractivity contribution in [3.05, 3.63) is 29.9 Å². The molecule has 2 fully saturated rings. The Balaban J connectivity index is 1.44. The van der Waals surface area contributed by atoms with Crippen LogP contribution in [0, 0.1) is 12.8 Å². The van der Waals surface area contributed by atoms with E-state index in [9.17, 15) is 0 Å². The Kier molecular flexibility index (Phi) is 4.39. The quantitative estimate of drug-likeness (QED) is 0.845. The summed E-state index contributed by atoms with van der Waals surface area (Å²) in [5.41, 5.74) is 0. The monoisotopic (exact) mass is 328 g/mol. The molecule has 1 unspecified atom stereocenters. The number of nitrogens with zero attached hydrogens (tertiary/aromatic N) is 6. The molecule has 0 bridgehead atoms. The van der Waals surface area contributed by atoms with Crippen LogP contribution in [0.4, 0.5) is 0 Å². The Morgan fingerprint density at radius 3 is 2.75 bits per heavy atom. The molecule has 0 aromatic carbocycles. The third-order valence-electron chi connectivity index (χ3n) is 5.85. The molecular formula is C18H28N6. The summed E-state index contributed by atoms with van der Waals surface area (Å²) in [6.07, 6.45) is 10.6. The molecule has 1 aliphatic carbocycles. The number of rotatable bonds is 5. The second-order valence-corrected chi connectivity index (χ2v) is 7.53. The number of hydrogen-bond acceptors (Lipinski definition) is 4. The number of aryl methyl sites for hydroxylation is 1. The van der Waals surface area contributed by atoms with Gasteiger partial charge in [0.05, 0.1) is 6.54 Å². The average Bonchev–Trinajstić information content (AvgIpc) is 3.11. The molecule has 2 aromatic rings. The number of imidazole rings is 1. The highest BCUT2D eigenvalue weighted by molar-refractivity contribution is 5.05. The number of piperidine rings is 1. The predicted octanol–water partition coefficient (Wildman–Crippen LogP) is 2.35. The molecular weight excluding hydrogens is 300 g/mol. The normalized spacial score (nSPS) is 22.7. The summed E-state index contributed by atoms with van der Waals surface area (Å²) in [5, 5.41) is 9.02. The molecule has 2 aromatic heterocycles. The Labute approximate surface area is 143 Å². The fraction of sp³-hybridized carbons (Fsp3) is 0.722. The molecule has 130 valence electrons. The van der Waals surface area contributed by atoms with E-state index >= 15 is 0 Å². The molecule has 24 heavy (non-hydrogen) atoms. The summed E-state index contributed by atoms with van der Waals surface area (Å²) in [4.78, 5) is 6.95. The van der Waals surface area contributed by atoms with Crippen LogP contribution in [-0.4, -0.2) is 48.8 Å². The molecule has 6 heteroatoms. The van der Waals surface area contributed by atoms with Gasteiger partial charge in [0, 0.05) is 38.4 Å². The molecule has 4 rings (SSSR count). The Hall–Kier alpha value is -1.69. The summed E-state index contributed by atoms with van der Waals surface area (Å²) >= 11 is 0. The lowest BCUT2D eigenvalue weighted by molar-refractivity contribution is 0.141. The minimum absolute atomic E-state index is 0.522. The number of aromatic nitrogens is 5. The maximum atomic E-state index is 4.55. The zero-order valence-electron chi connectivity index (χ0n) is 14.9. The molecule has 0 amide bonds. The van der Waals surface area contributed by atoms with Gasteiger partial charge in [-0.15, -0.1) is 10.2 Å². The number of likely N-dealkylation sites (tertiary alicyclic amines) is 1. The fourth-order valence-electron chi connectivity index (χ4n) is 4.06. The van der Waals surface area contributed by atoms with E-state index in [0.717, 1.165) is 36.5 Å². The topological polar surface area (TPSA) is 51.8 Å². The highest BCUT2D eigenvalue weighted by atomic mass is 15.3. The molecule has 0 N–H and O–H groups in total. The first-order chi connectivity index (χ1) is 11.7. The predicted molar refractivity (Wildman–Crippen MR) is 92.8 cm³/mol. The third-order valence-corrected chi connectivity index (χ3v) is 5.85.